The van der Waals surface area contributed by atoms with Gasteiger partial charge >= 0.3 is 0 Å². The smallest absolute Gasteiger partial charge is 0.260 e. The van der Waals surface area contributed by atoms with Crippen molar-refractivity contribution in [2.75, 3.05) is 18.0 Å². The molecule has 0 atom stereocenters. The first-order valence-corrected chi connectivity index (χ1v) is 13.8. The van der Waals surface area contributed by atoms with Crippen molar-refractivity contribution in [2.45, 2.75) is 32.2 Å². The highest BCUT2D eigenvalue weighted by atomic mass is 35.5. The zero-order valence-electron chi connectivity index (χ0n) is 19.6. The normalized spacial score (nSPS) is 11.8. The molecule has 10 heteroatoms. The Morgan fingerprint density at radius 1 is 1.03 bits per heavy atom. The van der Waals surface area contributed by atoms with Gasteiger partial charge in [0.15, 0.2) is 5.13 Å². The van der Waals surface area contributed by atoms with Crippen LogP contribution >= 0.6 is 22.9 Å². The minimum atomic E-state index is -3.62. The molecule has 0 spiro atoms. The summed E-state index contributed by atoms with van der Waals surface area (Å²) in [5, 5.41) is 1.13. The Labute approximate surface area is 214 Å². The van der Waals surface area contributed by atoms with Gasteiger partial charge in [-0.05, 0) is 61.0 Å². The van der Waals surface area contributed by atoms with Crippen molar-refractivity contribution in [1.82, 2.24) is 14.3 Å². The van der Waals surface area contributed by atoms with E-state index in [1.807, 2.05) is 37.3 Å². The molecule has 182 valence electrons. The molecule has 0 N–H and O–H groups in total. The molecule has 0 unspecified atom stereocenters. The summed E-state index contributed by atoms with van der Waals surface area (Å²) in [7, 11) is -3.62. The quantitative estimate of drug-likeness (QED) is 0.300. The van der Waals surface area contributed by atoms with Crippen molar-refractivity contribution in [2.24, 2.45) is 0 Å². The molecule has 4 aromatic rings. The highest BCUT2D eigenvalue weighted by Crippen LogP contribution is 2.34. The van der Waals surface area contributed by atoms with Gasteiger partial charge in [-0.25, -0.2) is 13.4 Å². The zero-order valence-corrected chi connectivity index (χ0v) is 22.0. The highest BCUT2D eigenvalue weighted by molar-refractivity contribution is 7.89. The maximum absolute atomic E-state index is 13.7. The summed E-state index contributed by atoms with van der Waals surface area (Å²) < 4.78 is 28.0. The van der Waals surface area contributed by atoms with E-state index in [0.29, 0.717) is 34.5 Å². The van der Waals surface area contributed by atoms with E-state index < -0.39 is 10.0 Å². The molecule has 0 aliphatic rings. The zero-order chi connectivity index (χ0) is 25.2. The van der Waals surface area contributed by atoms with Crippen LogP contribution in [0.15, 0.2) is 65.7 Å². The van der Waals surface area contributed by atoms with Crippen molar-refractivity contribution in [3.8, 4) is 0 Å². The standard InChI is InChI=1S/C25H25ClN4O3S2/c1-4-29(5-2)35(32,33)20-11-9-18(10-12-20)24(31)30(16-19-8-6-7-15-27-19)25-28-23-17(3)21(26)13-14-22(23)34-25/h6-15H,4-5,16H2,1-3H3. The Morgan fingerprint density at radius 3 is 2.37 bits per heavy atom. The second-order valence-corrected chi connectivity index (χ2v) is 11.2. The first kappa shape index (κ1) is 25.2. The molecule has 2 aromatic carbocycles. The molecule has 2 aromatic heterocycles. The van der Waals surface area contributed by atoms with Crippen LogP contribution in [0.2, 0.25) is 5.02 Å². The fourth-order valence-corrected chi connectivity index (χ4v) is 6.36. The Kier molecular flexibility index (Phi) is 7.51. The average molecular weight is 529 g/mol. The first-order chi connectivity index (χ1) is 16.8. The Balaban J connectivity index is 1.73. The van der Waals surface area contributed by atoms with Gasteiger partial charge in [-0.1, -0.05) is 42.9 Å². The number of carbonyl (C=O) groups excluding carboxylic acids is 1. The number of carbonyl (C=O) groups is 1. The number of aryl methyl sites for hydroxylation is 1. The number of thiazole rings is 1. The fourth-order valence-electron chi connectivity index (χ4n) is 3.72. The molecule has 0 saturated heterocycles. The minimum absolute atomic E-state index is 0.152. The molecule has 1 amide bonds. The van der Waals surface area contributed by atoms with Gasteiger partial charge < -0.3 is 0 Å². The van der Waals surface area contributed by atoms with Gasteiger partial charge in [0.1, 0.15) is 0 Å². The van der Waals surface area contributed by atoms with E-state index in [0.717, 1.165) is 15.8 Å². The summed E-state index contributed by atoms with van der Waals surface area (Å²) in [4.78, 5) is 24.5. The number of fused-ring (bicyclic) bond motifs is 1. The number of amides is 1. The number of aromatic nitrogens is 2. The highest BCUT2D eigenvalue weighted by Gasteiger charge is 2.25. The van der Waals surface area contributed by atoms with Crippen molar-refractivity contribution < 1.29 is 13.2 Å². The van der Waals surface area contributed by atoms with Gasteiger partial charge in [-0.15, -0.1) is 0 Å². The van der Waals surface area contributed by atoms with Gasteiger partial charge in [-0.2, -0.15) is 4.31 Å². The number of pyridine rings is 1. The van der Waals surface area contributed by atoms with Gasteiger partial charge in [0, 0.05) is 29.9 Å². The van der Waals surface area contributed by atoms with E-state index >= 15 is 0 Å². The number of anilines is 1. The first-order valence-electron chi connectivity index (χ1n) is 11.1. The summed E-state index contributed by atoms with van der Waals surface area (Å²) in [6, 6.07) is 15.3. The summed E-state index contributed by atoms with van der Waals surface area (Å²) >= 11 is 7.67. The Morgan fingerprint density at radius 2 is 1.74 bits per heavy atom. The molecule has 0 fully saturated rings. The lowest BCUT2D eigenvalue weighted by molar-refractivity contribution is 0.0984. The molecule has 7 nitrogen and oxygen atoms in total. The van der Waals surface area contributed by atoms with E-state index in [4.69, 9.17) is 16.6 Å². The van der Waals surface area contributed by atoms with E-state index in [2.05, 4.69) is 4.98 Å². The van der Waals surface area contributed by atoms with Crippen molar-refractivity contribution in [1.29, 1.82) is 0 Å². The van der Waals surface area contributed by atoms with E-state index in [1.165, 1.54) is 27.8 Å². The van der Waals surface area contributed by atoms with Crippen molar-refractivity contribution >= 4 is 54.2 Å². The van der Waals surface area contributed by atoms with Crippen LogP contribution in [0.1, 0.15) is 35.5 Å². The lowest BCUT2D eigenvalue weighted by atomic mass is 10.2. The number of benzene rings is 2. The number of hydrogen-bond acceptors (Lipinski definition) is 6. The molecule has 0 aliphatic carbocycles. The molecule has 0 saturated carbocycles. The molecule has 4 rings (SSSR count). The Hall–Kier alpha value is -2.85. The third-order valence-electron chi connectivity index (χ3n) is 5.70. The fraction of sp³-hybridized carbons (Fsp3) is 0.240. The minimum Gasteiger partial charge on any atom is -0.278 e. The third kappa shape index (κ3) is 5.08. The monoisotopic (exact) mass is 528 g/mol. The summed E-state index contributed by atoms with van der Waals surface area (Å²) in [6.45, 7) is 6.44. The predicted octanol–water partition coefficient (Wildman–Crippen LogP) is 5.53. The summed E-state index contributed by atoms with van der Waals surface area (Å²) in [6.07, 6.45) is 1.67. The number of rotatable bonds is 8. The van der Waals surface area contributed by atoms with Crippen LogP contribution < -0.4 is 4.90 Å². The van der Waals surface area contributed by atoms with E-state index in [-0.39, 0.29) is 17.3 Å². The second kappa shape index (κ2) is 10.4. The SMILES string of the molecule is CCN(CC)S(=O)(=O)c1ccc(C(=O)N(Cc2ccccn2)c2nc3c(C)c(Cl)ccc3s2)cc1. The lowest BCUT2D eigenvalue weighted by Crippen LogP contribution is -2.31. The topological polar surface area (TPSA) is 83.5 Å². The number of nitrogens with zero attached hydrogens (tertiary/aromatic N) is 4. The molecule has 0 radical (unpaired) electrons. The van der Waals surface area contributed by atoms with Gasteiger partial charge in [0.05, 0.1) is 27.4 Å². The maximum atomic E-state index is 13.7. The predicted molar refractivity (Wildman–Crippen MR) is 141 cm³/mol. The largest absolute Gasteiger partial charge is 0.278 e. The molecule has 2 heterocycles. The third-order valence-corrected chi connectivity index (χ3v) is 9.22. The van der Waals surface area contributed by atoms with E-state index in [1.54, 1.807) is 37.1 Å². The Bertz CT molecular complexity index is 1450. The second-order valence-electron chi connectivity index (χ2n) is 7.84. The maximum Gasteiger partial charge on any atom is 0.260 e. The average Bonchev–Trinajstić information content (AvgIpc) is 3.30. The van der Waals surface area contributed by atoms with Crippen LogP contribution in [0.4, 0.5) is 5.13 Å². The van der Waals surface area contributed by atoms with Crippen LogP contribution in [0.25, 0.3) is 10.2 Å². The van der Waals surface area contributed by atoms with Crippen LogP contribution in [0.5, 0.6) is 0 Å². The van der Waals surface area contributed by atoms with Crippen LogP contribution in [0.3, 0.4) is 0 Å². The number of sulfonamides is 1. The summed E-state index contributed by atoms with van der Waals surface area (Å²) in [5.41, 5.74) is 2.66. The molecular formula is C25H25ClN4O3S2. The van der Waals surface area contributed by atoms with Gasteiger partial charge in [0.2, 0.25) is 10.0 Å². The molecule has 0 bridgehead atoms. The molecule has 35 heavy (non-hydrogen) atoms. The number of halogens is 1. The van der Waals surface area contributed by atoms with E-state index in [9.17, 15) is 13.2 Å². The van der Waals surface area contributed by atoms with Crippen LogP contribution in [0, 0.1) is 6.92 Å². The molecular weight excluding hydrogens is 504 g/mol. The van der Waals surface area contributed by atoms with Gasteiger partial charge in [-0.3, -0.25) is 14.7 Å². The van der Waals surface area contributed by atoms with Crippen LogP contribution in [-0.4, -0.2) is 41.7 Å². The van der Waals surface area contributed by atoms with Gasteiger partial charge in [0.25, 0.3) is 5.91 Å². The summed E-state index contributed by atoms with van der Waals surface area (Å²) in [5.74, 6) is -0.301. The van der Waals surface area contributed by atoms with Crippen molar-refractivity contribution in [3.05, 3.63) is 82.6 Å². The number of hydrogen-bond donors (Lipinski definition) is 0. The van der Waals surface area contributed by atoms with Crippen molar-refractivity contribution in [3.63, 3.8) is 0 Å². The van der Waals surface area contributed by atoms with Crippen LogP contribution in [-0.2, 0) is 16.6 Å². The lowest BCUT2D eigenvalue weighted by Gasteiger charge is -2.21. The molecule has 0 aliphatic heterocycles.